The van der Waals surface area contributed by atoms with Crippen molar-refractivity contribution < 1.29 is 22.4 Å². The van der Waals surface area contributed by atoms with Gasteiger partial charge in [-0.15, -0.1) is 0 Å². The first-order valence-corrected chi connectivity index (χ1v) is 11.2. The quantitative estimate of drug-likeness (QED) is 0.466. The average molecular weight is 492 g/mol. The van der Waals surface area contributed by atoms with Crippen molar-refractivity contribution in [3.63, 3.8) is 0 Å². The molecule has 0 spiro atoms. The molecule has 3 aromatic rings. The number of hydrogen-bond donors (Lipinski definition) is 3. The van der Waals surface area contributed by atoms with Crippen LogP contribution in [0.3, 0.4) is 0 Å². The first-order valence-electron chi connectivity index (χ1n) is 8.73. The lowest BCUT2D eigenvalue weighted by atomic mass is 10.1. The normalized spacial score (nSPS) is 11.1. The number of furan rings is 1. The van der Waals surface area contributed by atoms with E-state index in [0.29, 0.717) is 21.6 Å². The van der Waals surface area contributed by atoms with Crippen molar-refractivity contribution in [1.82, 2.24) is 0 Å². The van der Waals surface area contributed by atoms with Crippen LogP contribution < -0.4 is 15.8 Å². The Morgan fingerprint density at radius 2 is 1.67 bits per heavy atom. The van der Waals surface area contributed by atoms with Gasteiger partial charge in [0.1, 0.15) is 0 Å². The summed E-state index contributed by atoms with van der Waals surface area (Å²) in [6.45, 7) is 0. The zero-order valence-electron chi connectivity index (χ0n) is 15.6. The van der Waals surface area contributed by atoms with Gasteiger partial charge in [-0.25, -0.2) is 13.6 Å². The molecule has 0 aliphatic heterocycles. The van der Waals surface area contributed by atoms with E-state index < -0.39 is 10.0 Å². The number of amides is 2. The van der Waals surface area contributed by atoms with Gasteiger partial charge in [-0.2, -0.15) is 0 Å². The molecule has 8 nitrogen and oxygen atoms in total. The Labute approximate surface area is 181 Å². The molecule has 0 aliphatic carbocycles. The number of nitrogens with two attached hydrogens (primary N) is 1. The molecule has 0 aliphatic rings. The summed E-state index contributed by atoms with van der Waals surface area (Å²) >= 11 is 3.14. The highest BCUT2D eigenvalue weighted by Gasteiger charge is 2.11. The molecule has 1 aromatic heterocycles. The van der Waals surface area contributed by atoms with E-state index in [0.717, 1.165) is 5.56 Å². The van der Waals surface area contributed by atoms with Crippen molar-refractivity contribution in [2.24, 2.45) is 5.14 Å². The number of rotatable bonds is 7. The summed E-state index contributed by atoms with van der Waals surface area (Å²) in [6, 6.07) is 16.5. The summed E-state index contributed by atoms with van der Waals surface area (Å²) in [4.78, 5) is 24.4. The Balaban J connectivity index is 1.57. The fourth-order valence-electron chi connectivity index (χ4n) is 2.70. The van der Waals surface area contributed by atoms with Crippen molar-refractivity contribution in [2.45, 2.75) is 12.2 Å². The minimum Gasteiger partial charge on any atom is -0.444 e. The summed E-state index contributed by atoms with van der Waals surface area (Å²) in [5.41, 5.74) is 2.27. The molecule has 2 amide bonds. The highest BCUT2D eigenvalue weighted by molar-refractivity contribution is 9.10. The number of nitrogens with one attached hydrogen (secondary N) is 2. The number of hydrogen-bond acceptors (Lipinski definition) is 5. The highest BCUT2D eigenvalue weighted by Crippen LogP contribution is 2.17. The second kappa shape index (κ2) is 9.24. The molecule has 0 saturated carbocycles. The van der Waals surface area contributed by atoms with Gasteiger partial charge in [-0.05, 0) is 63.5 Å². The van der Waals surface area contributed by atoms with Crippen LogP contribution in [-0.4, -0.2) is 20.2 Å². The monoisotopic (exact) mass is 491 g/mol. The van der Waals surface area contributed by atoms with Gasteiger partial charge in [0.2, 0.25) is 15.9 Å². The molecule has 2 aromatic carbocycles. The lowest BCUT2D eigenvalue weighted by Gasteiger charge is -2.08. The molecular weight excluding hydrogens is 474 g/mol. The number of primary sulfonamides is 1. The van der Waals surface area contributed by atoms with Crippen LogP contribution in [0.5, 0.6) is 0 Å². The molecule has 0 bridgehead atoms. The maximum atomic E-state index is 12.3. The Kier molecular flexibility index (Phi) is 6.70. The van der Waals surface area contributed by atoms with E-state index in [1.807, 2.05) is 0 Å². The molecule has 4 N–H and O–H groups in total. The van der Waals surface area contributed by atoms with E-state index in [2.05, 4.69) is 26.6 Å². The van der Waals surface area contributed by atoms with Crippen LogP contribution in [0.4, 0.5) is 11.4 Å². The fourth-order valence-corrected chi connectivity index (χ4v) is 3.65. The summed E-state index contributed by atoms with van der Waals surface area (Å²) < 4.78 is 28.1. The van der Waals surface area contributed by atoms with Gasteiger partial charge in [-0.1, -0.05) is 24.3 Å². The van der Waals surface area contributed by atoms with Crippen LogP contribution in [0.2, 0.25) is 0 Å². The maximum Gasteiger partial charge on any atom is 0.291 e. The Hall–Kier alpha value is -2.95. The standard InChI is InChI=1S/C20H18BrN3O5S/c21-18-9-8-17(29-18)20(26)24-15-6-4-13(5-7-15)11-19(25)23-16-3-1-2-14(10-16)12-30(22,27)28/h1-10H,11-12H2,(H,23,25)(H,24,26)(H2,22,27,28). The maximum absolute atomic E-state index is 12.3. The van der Waals surface area contributed by atoms with E-state index in [-0.39, 0.29) is 29.7 Å². The molecule has 10 heteroatoms. The minimum absolute atomic E-state index is 0.110. The summed E-state index contributed by atoms with van der Waals surface area (Å²) in [5, 5.41) is 10.5. The van der Waals surface area contributed by atoms with E-state index in [1.54, 1.807) is 60.7 Å². The summed E-state index contributed by atoms with van der Waals surface area (Å²) in [6.07, 6.45) is 0.110. The molecule has 0 unspecified atom stereocenters. The molecule has 0 radical (unpaired) electrons. The lowest BCUT2D eigenvalue weighted by Crippen LogP contribution is -2.16. The molecule has 156 valence electrons. The van der Waals surface area contributed by atoms with Crippen LogP contribution in [0.1, 0.15) is 21.7 Å². The fraction of sp³-hybridized carbons (Fsp3) is 0.100. The first-order chi connectivity index (χ1) is 14.2. The van der Waals surface area contributed by atoms with Gasteiger partial charge in [0.05, 0.1) is 12.2 Å². The van der Waals surface area contributed by atoms with Gasteiger partial charge in [0.25, 0.3) is 5.91 Å². The molecule has 3 rings (SSSR count). The Bertz CT molecular complexity index is 1170. The van der Waals surface area contributed by atoms with Crippen LogP contribution in [0.25, 0.3) is 0 Å². The molecule has 30 heavy (non-hydrogen) atoms. The van der Waals surface area contributed by atoms with E-state index in [9.17, 15) is 18.0 Å². The SMILES string of the molecule is NS(=O)(=O)Cc1cccc(NC(=O)Cc2ccc(NC(=O)c3ccc(Br)o3)cc2)c1. The highest BCUT2D eigenvalue weighted by atomic mass is 79.9. The van der Waals surface area contributed by atoms with E-state index >= 15 is 0 Å². The largest absolute Gasteiger partial charge is 0.444 e. The number of carbonyl (C=O) groups is 2. The molecule has 0 fully saturated rings. The molecule has 0 saturated heterocycles. The number of halogens is 1. The Morgan fingerprint density at radius 1 is 0.933 bits per heavy atom. The average Bonchev–Trinajstić information content (AvgIpc) is 3.09. The molecular formula is C20H18BrN3O5S. The van der Waals surface area contributed by atoms with Gasteiger partial charge in [0.15, 0.2) is 10.4 Å². The predicted octanol–water partition coefficient (Wildman–Crippen LogP) is 3.26. The predicted molar refractivity (Wildman–Crippen MR) is 116 cm³/mol. The number of carbonyl (C=O) groups excluding carboxylic acids is 2. The topological polar surface area (TPSA) is 132 Å². The number of sulfonamides is 1. The lowest BCUT2D eigenvalue weighted by molar-refractivity contribution is -0.115. The van der Waals surface area contributed by atoms with Crippen molar-refractivity contribution in [1.29, 1.82) is 0 Å². The van der Waals surface area contributed by atoms with Gasteiger partial charge in [0, 0.05) is 11.4 Å². The van der Waals surface area contributed by atoms with Crippen LogP contribution in [-0.2, 0) is 27.0 Å². The summed E-state index contributed by atoms with van der Waals surface area (Å²) in [7, 11) is -3.65. The van der Waals surface area contributed by atoms with Gasteiger partial charge < -0.3 is 15.1 Å². The first kappa shape index (κ1) is 21.8. The van der Waals surface area contributed by atoms with Crippen molar-refractivity contribution >= 4 is 49.1 Å². The zero-order valence-corrected chi connectivity index (χ0v) is 18.0. The smallest absolute Gasteiger partial charge is 0.291 e. The van der Waals surface area contributed by atoms with Gasteiger partial charge in [-0.3, -0.25) is 9.59 Å². The second-order valence-corrected chi connectivity index (χ2v) is 8.88. The third kappa shape index (κ3) is 6.55. The minimum atomic E-state index is -3.65. The third-order valence-corrected chi connectivity index (χ3v) is 5.11. The Morgan fingerprint density at radius 3 is 2.30 bits per heavy atom. The van der Waals surface area contributed by atoms with E-state index in [4.69, 9.17) is 9.56 Å². The number of anilines is 2. The molecule has 1 heterocycles. The van der Waals surface area contributed by atoms with Crippen molar-refractivity contribution in [2.75, 3.05) is 10.6 Å². The number of benzene rings is 2. The van der Waals surface area contributed by atoms with Gasteiger partial charge >= 0.3 is 0 Å². The zero-order chi connectivity index (χ0) is 21.7. The third-order valence-electron chi connectivity index (χ3n) is 3.95. The molecule has 0 atom stereocenters. The van der Waals surface area contributed by atoms with Crippen molar-refractivity contribution in [3.8, 4) is 0 Å². The van der Waals surface area contributed by atoms with Crippen LogP contribution in [0.15, 0.2) is 69.8 Å². The van der Waals surface area contributed by atoms with Crippen molar-refractivity contribution in [3.05, 3.63) is 82.2 Å². The van der Waals surface area contributed by atoms with E-state index in [1.165, 1.54) is 0 Å². The van der Waals surface area contributed by atoms with Crippen LogP contribution in [0, 0.1) is 0 Å². The summed E-state index contributed by atoms with van der Waals surface area (Å²) in [5.74, 6) is -0.778. The second-order valence-electron chi connectivity index (χ2n) is 6.49. The van der Waals surface area contributed by atoms with Crippen LogP contribution >= 0.6 is 15.9 Å².